The average molecular weight is 183 g/mol. The van der Waals surface area contributed by atoms with Crippen molar-refractivity contribution >= 4 is 5.97 Å². The minimum atomic E-state index is -1.04. The summed E-state index contributed by atoms with van der Waals surface area (Å²) in [4.78, 5) is 21.2. The van der Waals surface area contributed by atoms with E-state index in [1.165, 1.54) is 21.7 Å². The molecule has 0 fully saturated rings. The van der Waals surface area contributed by atoms with Gasteiger partial charge >= 0.3 is 11.7 Å². The van der Waals surface area contributed by atoms with E-state index in [4.69, 9.17) is 5.11 Å². The molecule has 1 aromatic heterocycles. The lowest BCUT2D eigenvalue weighted by Crippen LogP contribution is -2.22. The Morgan fingerprint density at radius 1 is 1.77 bits per heavy atom. The number of aliphatic carboxylic acids is 1. The first-order chi connectivity index (χ1) is 6.11. The molecule has 13 heavy (non-hydrogen) atoms. The molecule has 0 radical (unpaired) electrons. The second kappa shape index (κ2) is 3.70. The third-order valence-electron chi connectivity index (χ3n) is 1.43. The first kappa shape index (κ1) is 9.24. The number of carboxylic acids is 1. The van der Waals surface area contributed by atoms with Crippen LogP contribution in [0.2, 0.25) is 0 Å². The third-order valence-corrected chi connectivity index (χ3v) is 1.43. The summed E-state index contributed by atoms with van der Waals surface area (Å²) >= 11 is 0. The zero-order valence-corrected chi connectivity index (χ0v) is 7.04. The fourth-order valence-electron chi connectivity index (χ4n) is 0.799. The highest BCUT2D eigenvalue weighted by Crippen LogP contribution is 1.79. The van der Waals surface area contributed by atoms with Gasteiger partial charge in [-0.1, -0.05) is 6.08 Å². The highest BCUT2D eigenvalue weighted by Gasteiger charge is 1.97. The van der Waals surface area contributed by atoms with Gasteiger partial charge in [0.15, 0.2) is 0 Å². The van der Waals surface area contributed by atoms with Gasteiger partial charge in [-0.05, 0) is 0 Å². The lowest BCUT2D eigenvalue weighted by molar-refractivity contribution is -0.131. The molecule has 1 N–H and O–H groups in total. The molecule has 0 atom stereocenters. The van der Waals surface area contributed by atoms with E-state index < -0.39 is 5.97 Å². The summed E-state index contributed by atoms with van der Waals surface area (Å²) in [7, 11) is 1.58. The van der Waals surface area contributed by atoms with Crippen molar-refractivity contribution in [2.45, 2.75) is 6.54 Å². The number of hydrogen-bond acceptors (Lipinski definition) is 3. The van der Waals surface area contributed by atoms with Crippen LogP contribution in [-0.4, -0.2) is 25.4 Å². The molecule has 0 aromatic carbocycles. The van der Waals surface area contributed by atoms with E-state index in [0.29, 0.717) is 0 Å². The van der Waals surface area contributed by atoms with E-state index >= 15 is 0 Å². The van der Waals surface area contributed by atoms with Crippen LogP contribution >= 0.6 is 0 Å². The molecule has 0 spiro atoms. The van der Waals surface area contributed by atoms with E-state index in [9.17, 15) is 9.59 Å². The van der Waals surface area contributed by atoms with Crippen LogP contribution in [-0.2, 0) is 18.4 Å². The fourth-order valence-corrected chi connectivity index (χ4v) is 0.799. The van der Waals surface area contributed by atoms with Crippen LogP contribution in [0.5, 0.6) is 0 Å². The predicted molar refractivity (Wildman–Crippen MR) is 44.2 cm³/mol. The number of carbonyl (C=O) groups is 1. The molecule has 0 unspecified atom stereocenters. The molecule has 0 amide bonds. The number of carboxylic acid groups (broad SMARTS) is 1. The zero-order chi connectivity index (χ0) is 9.84. The van der Waals surface area contributed by atoms with Gasteiger partial charge in [-0.15, -0.1) is 0 Å². The predicted octanol–water partition coefficient (Wildman–Crippen LogP) is -0.777. The summed E-state index contributed by atoms with van der Waals surface area (Å²) in [6.45, 7) is 0.173. The number of aryl methyl sites for hydroxylation is 1. The van der Waals surface area contributed by atoms with Crippen LogP contribution < -0.4 is 5.69 Å². The van der Waals surface area contributed by atoms with Gasteiger partial charge in [0.1, 0.15) is 6.33 Å². The van der Waals surface area contributed by atoms with Crippen molar-refractivity contribution < 1.29 is 9.90 Å². The van der Waals surface area contributed by atoms with Gasteiger partial charge in [0, 0.05) is 13.1 Å². The van der Waals surface area contributed by atoms with Crippen molar-refractivity contribution in [2.24, 2.45) is 7.05 Å². The van der Waals surface area contributed by atoms with Crippen LogP contribution in [0.3, 0.4) is 0 Å². The Hall–Kier alpha value is -1.85. The van der Waals surface area contributed by atoms with Crippen molar-refractivity contribution in [2.75, 3.05) is 0 Å². The number of rotatable bonds is 3. The molecule has 6 heteroatoms. The van der Waals surface area contributed by atoms with Crippen molar-refractivity contribution in [3.63, 3.8) is 0 Å². The quantitative estimate of drug-likeness (QED) is 0.624. The maximum atomic E-state index is 11.1. The van der Waals surface area contributed by atoms with E-state index in [1.807, 2.05) is 0 Å². The molecule has 1 aromatic rings. The summed E-state index contributed by atoms with van der Waals surface area (Å²) in [5.41, 5.74) is -0.268. The largest absolute Gasteiger partial charge is 0.478 e. The molecule has 0 aliphatic rings. The van der Waals surface area contributed by atoms with Gasteiger partial charge in [0.2, 0.25) is 0 Å². The Balaban J connectivity index is 2.71. The molecular weight excluding hydrogens is 174 g/mol. The Morgan fingerprint density at radius 2 is 2.46 bits per heavy atom. The van der Waals surface area contributed by atoms with Crippen molar-refractivity contribution in [3.8, 4) is 0 Å². The Kier molecular flexibility index (Phi) is 2.63. The second-order valence-corrected chi connectivity index (χ2v) is 2.45. The van der Waals surface area contributed by atoms with Gasteiger partial charge in [-0.2, -0.15) is 5.10 Å². The van der Waals surface area contributed by atoms with Crippen LogP contribution in [0, 0.1) is 0 Å². The standard InChI is InChI=1S/C7H9N3O3/c1-9-5-8-10(7(9)13)4-2-3-6(11)12/h2-3,5H,4H2,1H3,(H,11,12)/b3-2+. The topological polar surface area (TPSA) is 77.1 Å². The van der Waals surface area contributed by atoms with Gasteiger partial charge in [0.05, 0.1) is 6.54 Å². The molecule has 0 aliphatic heterocycles. The number of hydrogen-bond donors (Lipinski definition) is 1. The molecule has 6 nitrogen and oxygen atoms in total. The Labute approximate surface area is 73.7 Å². The minimum absolute atomic E-state index is 0.173. The zero-order valence-electron chi connectivity index (χ0n) is 7.04. The summed E-state index contributed by atoms with van der Waals surface area (Å²) in [5.74, 6) is -1.04. The SMILES string of the molecule is Cn1cnn(C/C=C/C(=O)O)c1=O. The van der Waals surface area contributed by atoms with Gasteiger partial charge in [-0.3, -0.25) is 4.57 Å². The monoisotopic (exact) mass is 183 g/mol. The Bertz CT molecular complexity index is 388. The van der Waals surface area contributed by atoms with E-state index in [0.717, 1.165) is 6.08 Å². The highest BCUT2D eigenvalue weighted by atomic mass is 16.4. The van der Waals surface area contributed by atoms with Crippen molar-refractivity contribution in [1.29, 1.82) is 0 Å². The van der Waals surface area contributed by atoms with E-state index in [2.05, 4.69) is 5.10 Å². The lowest BCUT2D eigenvalue weighted by Gasteiger charge is -1.90. The molecule has 0 saturated carbocycles. The normalized spacial score (nSPS) is 10.8. The highest BCUT2D eigenvalue weighted by molar-refractivity contribution is 5.79. The van der Waals surface area contributed by atoms with Crippen molar-refractivity contribution in [1.82, 2.24) is 14.3 Å². The summed E-state index contributed by atoms with van der Waals surface area (Å²) in [5, 5.41) is 12.0. The van der Waals surface area contributed by atoms with Gasteiger partial charge in [-0.25, -0.2) is 14.3 Å². The van der Waals surface area contributed by atoms with Crippen LogP contribution in [0.4, 0.5) is 0 Å². The average Bonchev–Trinajstić information content (AvgIpc) is 2.35. The van der Waals surface area contributed by atoms with Gasteiger partial charge < -0.3 is 5.11 Å². The maximum absolute atomic E-state index is 11.1. The maximum Gasteiger partial charge on any atom is 0.345 e. The molecule has 1 rings (SSSR count). The van der Waals surface area contributed by atoms with Crippen LogP contribution in [0.25, 0.3) is 0 Å². The smallest absolute Gasteiger partial charge is 0.345 e. The fraction of sp³-hybridized carbons (Fsp3) is 0.286. The molecule has 0 bridgehead atoms. The number of aromatic nitrogens is 3. The second-order valence-electron chi connectivity index (χ2n) is 2.45. The first-order valence-electron chi connectivity index (χ1n) is 3.59. The molecule has 0 aliphatic carbocycles. The van der Waals surface area contributed by atoms with Crippen LogP contribution in [0.15, 0.2) is 23.3 Å². The number of nitrogens with zero attached hydrogens (tertiary/aromatic N) is 3. The molecular formula is C7H9N3O3. The van der Waals surface area contributed by atoms with Gasteiger partial charge in [0.25, 0.3) is 0 Å². The lowest BCUT2D eigenvalue weighted by atomic mass is 10.5. The Morgan fingerprint density at radius 3 is 2.92 bits per heavy atom. The summed E-state index contributed by atoms with van der Waals surface area (Å²) < 4.78 is 2.48. The minimum Gasteiger partial charge on any atom is -0.478 e. The molecule has 70 valence electrons. The number of allylic oxidation sites excluding steroid dienone is 1. The third kappa shape index (κ3) is 2.29. The summed E-state index contributed by atoms with van der Waals surface area (Å²) in [6.07, 6.45) is 3.70. The van der Waals surface area contributed by atoms with E-state index in [-0.39, 0.29) is 12.2 Å². The molecule has 0 saturated heterocycles. The molecule has 1 heterocycles. The van der Waals surface area contributed by atoms with Crippen LogP contribution in [0.1, 0.15) is 0 Å². The van der Waals surface area contributed by atoms with E-state index in [1.54, 1.807) is 7.05 Å². The van der Waals surface area contributed by atoms with Crippen molar-refractivity contribution in [3.05, 3.63) is 29.0 Å². The first-order valence-corrected chi connectivity index (χ1v) is 3.59. The summed E-state index contributed by atoms with van der Waals surface area (Å²) in [6, 6.07) is 0.